The Kier molecular flexibility index (Phi) is 2.82. The lowest BCUT2D eigenvalue weighted by Gasteiger charge is -1.98. The normalized spacial score (nSPS) is 14.4. The molecule has 4 aromatic rings. The van der Waals surface area contributed by atoms with Crippen LogP contribution >= 0.6 is 0 Å². The van der Waals surface area contributed by atoms with Gasteiger partial charge in [-0.15, -0.1) is 0 Å². The Morgan fingerprint density at radius 2 is 1.64 bits per heavy atom. The van der Waals surface area contributed by atoms with Crippen LogP contribution in [0.1, 0.15) is 16.7 Å². The number of aliphatic imine (C=N–C) groups is 1. The largest absolute Gasteiger partial charge is 0.361 e. The molecule has 5 rings (SSSR count). The molecule has 1 amide bonds. The number of H-pyrrole nitrogens is 2. The first kappa shape index (κ1) is 14.0. The molecule has 0 atom stereocenters. The van der Waals surface area contributed by atoms with Crippen molar-refractivity contribution in [2.45, 2.75) is 6.92 Å². The number of aromatic nitrogens is 2. The van der Waals surface area contributed by atoms with E-state index in [0.717, 1.165) is 32.9 Å². The van der Waals surface area contributed by atoms with E-state index >= 15 is 0 Å². The number of amides is 1. The molecule has 2 N–H and O–H groups in total. The molecular weight excluding hydrogens is 310 g/mol. The molecule has 0 bridgehead atoms. The van der Waals surface area contributed by atoms with E-state index in [1.165, 1.54) is 5.56 Å². The number of carbonyl (C=O) groups is 1. The average molecular weight is 325 g/mol. The van der Waals surface area contributed by atoms with Gasteiger partial charge in [-0.2, -0.15) is 0 Å². The molecule has 4 heteroatoms. The van der Waals surface area contributed by atoms with Crippen LogP contribution in [0.3, 0.4) is 0 Å². The number of benzene rings is 2. The van der Waals surface area contributed by atoms with Crippen molar-refractivity contribution < 1.29 is 4.79 Å². The molecule has 1 aliphatic rings. The van der Waals surface area contributed by atoms with Crippen LogP contribution in [0, 0.1) is 6.92 Å². The zero-order chi connectivity index (χ0) is 17.0. The summed E-state index contributed by atoms with van der Waals surface area (Å²) in [5.74, 6) is -0.193. The first-order valence-corrected chi connectivity index (χ1v) is 8.20. The van der Waals surface area contributed by atoms with Crippen LogP contribution in [0.2, 0.25) is 0 Å². The summed E-state index contributed by atoms with van der Waals surface area (Å²) < 4.78 is 0. The van der Waals surface area contributed by atoms with Crippen molar-refractivity contribution in [2.24, 2.45) is 4.99 Å². The van der Waals surface area contributed by atoms with Crippen molar-refractivity contribution in [3.05, 3.63) is 77.6 Å². The molecule has 120 valence electrons. The van der Waals surface area contributed by atoms with Gasteiger partial charge in [-0.3, -0.25) is 4.79 Å². The topological polar surface area (TPSA) is 61.0 Å². The minimum absolute atomic E-state index is 0.193. The fraction of sp³-hybridized carbons (Fsp3) is 0.0476. The number of carbonyl (C=O) groups excluding carboxylic acids is 1. The maximum atomic E-state index is 12.5. The number of para-hydroxylation sites is 1. The van der Waals surface area contributed by atoms with Crippen LogP contribution in [-0.4, -0.2) is 21.6 Å². The van der Waals surface area contributed by atoms with Gasteiger partial charge in [0.2, 0.25) is 0 Å². The zero-order valence-corrected chi connectivity index (χ0v) is 13.6. The van der Waals surface area contributed by atoms with E-state index in [1.54, 1.807) is 0 Å². The van der Waals surface area contributed by atoms with E-state index in [-0.39, 0.29) is 5.91 Å². The average Bonchev–Trinajstić information content (AvgIpc) is 3.30. The van der Waals surface area contributed by atoms with Gasteiger partial charge in [0.15, 0.2) is 0 Å². The maximum absolute atomic E-state index is 12.5. The lowest BCUT2D eigenvalue weighted by molar-refractivity contribution is -0.112. The van der Waals surface area contributed by atoms with Gasteiger partial charge in [-0.1, -0.05) is 29.8 Å². The van der Waals surface area contributed by atoms with Gasteiger partial charge in [0, 0.05) is 45.3 Å². The highest BCUT2D eigenvalue weighted by Gasteiger charge is 2.23. The van der Waals surface area contributed by atoms with Gasteiger partial charge >= 0.3 is 0 Å². The van der Waals surface area contributed by atoms with E-state index in [1.807, 2.05) is 42.7 Å². The summed E-state index contributed by atoms with van der Waals surface area (Å²) in [5.41, 5.74) is 6.44. The molecule has 25 heavy (non-hydrogen) atoms. The highest BCUT2D eigenvalue weighted by atomic mass is 16.1. The molecule has 2 aromatic heterocycles. The third-order valence-electron chi connectivity index (χ3n) is 4.73. The van der Waals surface area contributed by atoms with Crippen LogP contribution in [0.5, 0.6) is 0 Å². The quantitative estimate of drug-likeness (QED) is 0.565. The maximum Gasteiger partial charge on any atom is 0.278 e. The highest BCUT2D eigenvalue weighted by molar-refractivity contribution is 6.38. The van der Waals surface area contributed by atoms with Gasteiger partial charge in [-0.25, -0.2) is 4.99 Å². The minimum Gasteiger partial charge on any atom is -0.361 e. The van der Waals surface area contributed by atoms with Gasteiger partial charge < -0.3 is 9.97 Å². The number of aromatic amines is 2. The van der Waals surface area contributed by atoms with Crippen LogP contribution in [-0.2, 0) is 4.79 Å². The Balaban J connectivity index is 1.65. The molecule has 0 spiro atoms. The van der Waals surface area contributed by atoms with Gasteiger partial charge in [-0.05, 0) is 31.2 Å². The monoisotopic (exact) mass is 325 g/mol. The fourth-order valence-corrected chi connectivity index (χ4v) is 3.47. The molecule has 0 fully saturated rings. The van der Waals surface area contributed by atoms with Crippen molar-refractivity contribution in [3.8, 4) is 0 Å². The number of fused-ring (bicyclic) bond motifs is 2. The lowest BCUT2D eigenvalue weighted by atomic mass is 10.0. The van der Waals surface area contributed by atoms with E-state index in [0.29, 0.717) is 11.3 Å². The number of rotatable bonds is 2. The van der Waals surface area contributed by atoms with Crippen LogP contribution in [0.15, 0.2) is 65.9 Å². The molecule has 0 saturated heterocycles. The number of hydrogen-bond acceptors (Lipinski definition) is 1. The standard InChI is InChI=1S/C21H15N3O/c1-12-6-7-19-14(8-12)17(11-23-19)20-9-15(21(25)24-20)16-10-22-18-5-3-2-4-13(16)18/h2-11,22-23H,1H3. The SMILES string of the molecule is Cc1ccc2[nH]cc(C3=NC(=O)C(c4c[nH]c5ccccc45)=C3)c2c1. The van der Waals surface area contributed by atoms with Crippen molar-refractivity contribution in [1.29, 1.82) is 0 Å². The molecule has 0 aliphatic carbocycles. The predicted molar refractivity (Wildman–Crippen MR) is 101 cm³/mol. The third kappa shape index (κ3) is 2.08. The van der Waals surface area contributed by atoms with Crippen LogP contribution < -0.4 is 0 Å². The fourth-order valence-electron chi connectivity index (χ4n) is 3.47. The van der Waals surface area contributed by atoms with Crippen LogP contribution in [0.25, 0.3) is 27.4 Å². The third-order valence-corrected chi connectivity index (χ3v) is 4.73. The van der Waals surface area contributed by atoms with Crippen molar-refractivity contribution in [3.63, 3.8) is 0 Å². The van der Waals surface area contributed by atoms with E-state index in [4.69, 9.17) is 0 Å². The van der Waals surface area contributed by atoms with E-state index in [9.17, 15) is 4.79 Å². The summed E-state index contributed by atoms with van der Waals surface area (Å²) in [7, 11) is 0. The lowest BCUT2D eigenvalue weighted by Crippen LogP contribution is -1.93. The van der Waals surface area contributed by atoms with E-state index in [2.05, 4.69) is 40.1 Å². The van der Waals surface area contributed by atoms with Crippen LogP contribution in [0.4, 0.5) is 0 Å². The molecule has 2 aromatic carbocycles. The minimum atomic E-state index is -0.193. The van der Waals surface area contributed by atoms with Crippen molar-refractivity contribution >= 4 is 39.0 Å². The molecular formula is C21H15N3O. The predicted octanol–water partition coefficient (Wildman–Crippen LogP) is 4.37. The van der Waals surface area contributed by atoms with Gasteiger partial charge in [0.25, 0.3) is 5.91 Å². The number of nitrogens with one attached hydrogen (secondary N) is 2. The Bertz CT molecular complexity index is 1220. The number of nitrogens with zero attached hydrogens (tertiary/aromatic N) is 1. The highest BCUT2D eigenvalue weighted by Crippen LogP contribution is 2.31. The number of allylic oxidation sites excluding steroid dienone is 1. The Morgan fingerprint density at radius 1 is 0.880 bits per heavy atom. The molecule has 3 heterocycles. The molecule has 0 unspecified atom stereocenters. The summed E-state index contributed by atoms with van der Waals surface area (Å²) >= 11 is 0. The summed E-state index contributed by atoms with van der Waals surface area (Å²) in [6, 6.07) is 14.2. The van der Waals surface area contributed by atoms with Gasteiger partial charge in [0.1, 0.15) is 0 Å². The second-order valence-electron chi connectivity index (χ2n) is 6.36. The summed E-state index contributed by atoms with van der Waals surface area (Å²) in [5, 5.41) is 2.12. The second kappa shape index (κ2) is 5.05. The first-order valence-electron chi connectivity index (χ1n) is 8.20. The zero-order valence-electron chi connectivity index (χ0n) is 13.6. The van der Waals surface area contributed by atoms with Gasteiger partial charge in [0.05, 0.1) is 11.3 Å². The Labute approximate surface area is 143 Å². The van der Waals surface area contributed by atoms with Crippen molar-refractivity contribution in [2.75, 3.05) is 0 Å². The summed E-state index contributed by atoms with van der Waals surface area (Å²) in [4.78, 5) is 23.3. The molecule has 4 nitrogen and oxygen atoms in total. The molecule has 1 aliphatic heterocycles. The number of aryl methyl sites for hydroxylation is 1. The number of hydrogen-bond donors (Lipinski definition) is 2. The molecule has 0 saturated carbocycles. The van der Waals surface area contributed by atoms with E-state index < -0.39 is 0 Å². The Morgan fingerprint density at radius 3 is 2.52 bits per heavy atom. The smallest absolute Gasteiger partial charge is 0.278 e. The molecule has 0 radical (unpaired) electrons. The first-order chi connectivity index (χ1) is 12.2. The summed E-state index contributed by atoms with van der Waals surface area (Å²) in [6.45, 7) is 2.06. The summed E-state index contributed by atoms with van der Waals surface area (Å²) in [6.07, 6.45) is 5.69. The Hall–Kier alpha value is -3.40. The van der Waals surface area contributed by atoms with Crippen molar-refractivity contribution in [1.82, 2.24) is 9.97 Å². The second-order valence-corrected chi connectivity index (χ2v) is 6.36.